The lowest BCUT2D eigenvalue weighted by molar-refractivity contribution is -0.139. The summed E-state index contributed by atoms with van der Waals surface area (Å²) in [5.41, 5.74) is 0.451. The molecule has 1 aliphatic heterocycles. The van der Waals surface area contributed by atoms with Gasteiger partial charge in [0, 0.05) is 31.7 Å². The molecule has 1 atom stereocenters. The standard InChI is InChI=1S/C20H21FN2O3/c1-15(26-18-5-3-2-4-6-18)19(24)22-11-13-23(14-12-22)20(25)16-7-9-17(21)10-8-16/h2-10,15H,11-14H2,1H3. The predicted octanol–water partition coefficient (Wildman–Crippen LogP) is 2.58. The second-order valence-electron chi connectivity index (χ2n) is 6.20. The summed E-state index contributed by atoms with van der Waals surface area (Å²) < 4.78 is 18.7. The number of carbonyl (C=O) groups is 2. The molecule has 3 rings (SSSR count). The molecule has 1 unspecified atom stereocenters. The van der Waals surface area contributed by atoms with Crippen LogP contribution in [0.3, 0.4) is 0 Å². The van der Waals surface area contributed by atoms with Crippen LogP contribution in [0.2, 0.25) is 0 Å². The Balaban J connectivity index is 1.53. The Hall–Kier alpha value is -2.89. The number of nitrogens with zero attached hydrogens (tertiary/aromatic N) is 2. The van der Waals surface area contributed by atoms with Gasteiger partial charge in [-0.25, -0.2) is 4.39 Å². The minimum Gasteiger partial charge on any atom is -0.481 e. The van der Waals surface area contributed by atoms with Gasteiger partial charge in [-0.1, -0.05) is 18.2 Å². The molecule has 6 heteroatoms. The van der Waals surface area contributed by atoms with Crippen molar-refractivity contribution in [2.75, 3.05) is 26.2 Å². The molecular weight excluding hydrogens is 335 g/mol. The Bertz CT molecular complexity index is 756. The van der Waals surface area contributed by atoms with Gasteiger partial charge in [-0.2, -0.15) is 0 Å². The maximum Gasteiger partial charge on any atom is 0.263 e. The van der Waals surface area contributed by atoms with Crippen LogP contribution in [-0.4, -0.2) is 53.9 Å². The summed E-state index contributed by atoms with van der Waals surface area (Å²) in [6, 6.07) is 14.7. The zero-order valence-electron chi connectivity index (χ0n) is 14.6. The van der Waals surface area contributed by atoms with Gasteiger partial charge in [0.05, 0.1) is 0 Å². The van der Waals surface area contributed by atoms with E-state index in [1.54, 1.807) is 16.7 Å². The summed E-state index contributed by atoms with van der Waals surface area (Å²) >= 11 is 0. The first-order chi connectivity index (χ1) is 12.5. The fourth-order valence-corrected chi connectivity index (χ4v) is 2.92. The first-order valence-corrected chi connectivity index (χ1v) is 8.60. The van der Waals surface area contributed by atoms with Gasteiger partial charge in [0.2, 0.25) is 0 Å². The van der Waals surface area contributed by atoms with Gasteiger partial charge in [0.15, 0.2) is 6.10 Å². The SMILES string of the molecule is CC(Oc1ccccc1)C(=O)N1CCN(C(=O)c2ccc(F)cc2)CC1. The third kappa shape index (κ3) is 4.20. The van der Waals surface area contributed by atoms with E-state index in [0.717, 1.165) is 0 Å². The van der Waals surface area contributed by atoms with Gasteiger partial charge in [0.25, 0.3) is 11.8 Å². The Morgan fingerprint density at radius 3 is 2.12 bits per heavy atom. The van der Waals surface area contributed by atoms with Gasteiger partial charge >= 0.3 is 0 Å². The first kappa shape index (κ1) is 17.9. The first-order valence-electron chi connectivity index (χ1n) is 8.60. The largest absolute Gasteiger partial charge is 0.481 e. The molecule has 0 N–H and O–H groups in total. The highest BCUT2D eigenvalue weighted by atomic mass is 19.1. The van der Waals surface area contributed by atoms with Crippen molar-refractivity contribution in [2.24, 2.45) is 0 Å². The number of ether oxygens (including phenoxy) is 1. The number of amides is 2. The molecule has 0 bridgehead atoms. The highest BCUT2D eigenvalue weighted by Gasteiger charge is 2.28. The topological polar surface area (TPSA) is 49.9 Å². The van der Waals surface area contributed by atoms with Crippen molar-refractivity contribution in [3.05, 3.63) is 66.0 Å². The van der Waals surface area contributed by atoms with Crippen LogP contribution in [-0.2, 0) is 4.79 Å². The fourth-order valence-electron chi connectivity index (χ4n) is 2.92. The van der Waals surface area contributed by atoms with Gasteiger partial charge in [-0.15, -0.1) is 0 Å². The van der Waals surface area contributed by atoms with E-state index in [-0.39, 0.29) is 17.6 Å². The van der Waals surface area contributed by atoms with Crippen molar-refractivity contribution in [1.29, 1.82) is 0 Å². The molecule has 0 aliphatic carbocycles. The molecule has 1 saturated heterocycles. The third-order valence-corrected chi connectivity index (χ3v) is 4.37. The minimum atomic E-state index is -0.586. The zero-order chi connectivity index (χ0) is 18.5. The molecule has 2 amide bonds. The van der Waals surface area contributed by atoms with Crippen molar-refractivity contribution >= 4 is 11.8 Å². The smallest absolute Gasteiger partial charge is 0.263 e. The fraction of sp³-hybridized carbons (Fsp3) is 0.300. The normalized spacial score (nSPS) is 15.5. The minimum absolute atomic E-state index is 0.0947. The summed E-state index contributed by atoms with van der Waals surface area (Å²) in [7, 11) is 0. The predicted molar refractivity (Wildman–Crippen MR) is 95.4 cm³/mol. The zero-order valence-corrected chi connectivity index (χ0v) is 14.6. The maximum absolute atomic E-state index is 13.0. The van der Waals surface area contributed by atoms with Crippen LogP contribution in [0.15, 0.2) is 54.6 Å². The summed E-state index contributed by atoms with van der Waals surface area (Å²) in [5, 5.41) is 0. The Morgan fingerprint density at radius 1 is 0.923 bits per heavy atom. The molecule has 1 fully saturated rings. The van der Waals surface area contributed by atoms with Crippen LogP contribution in [0.25, 0.3) is 0 Å². The molecule has 136 valence electrons. The molecule has 26 heavy (non-hydrogen) atoms. The molecule has 0 radical (unpaired) electrons. The molecule has 5 nitrogen and oxygen atoms in total. The average Bonchev–Trinajstić information content (AvgIpc) is 2.68. The van der Waals surface area contributed by atoms with E-state index >= 15 is 0 Å². The monoisotopic (exact) mass is 356 g/mol. The van der Waals surface area contributed by atoms with Crippen LogP contribution in [0.4, 0.5) is 4.39 Å². The van der Waals surface area contributed by atoms with Crippen molar-refractivity contribution < 1.29 is 18.7 Å². The quantitative estimate of drug-likeness (QED) is 0.846. The highest BCUT2D eigenvalue weighted by Crippen LogP contribution is 2.14. The van der Waals surface area contributed by atoms with E-state index in [4.69, 9.17) is 4.74 Å². The summed E-state index contributed by atoms with van der Waals surface area (Å²) in [4.78, 5) is 28.4. The second kappa shape index (κ2) is 7.99. The van der Waals surface area contributed by atoms with Crippen molar-refractivity contribution in [3.8, 4) is 5.75 Å². The van der Waals surface area contributed by atoms with Crippen LogP contribution in [0, 0.1) is 5.82 Å². The Kier molecular flexibility index (Phi) is 5.51. The number of benzene rings is 2. The van der Waals surface area contributed by atoms with E-state index in [0.29, 0.717) is 37.5 Å². The number of carbonyl (C=O) groups excluding carboxylic acids is 2. The molecule has 2 aromatic carbocycles. The van der Waals surface area contributed by atoms with Crippen molar-refractivity contribution in [1.82, 2.24) is 9.80 Å². The van der Waals surface area contributed by atoms with Crippen LogP contribution in [0.1, 0.15) is 17.3 Å². The van der Waals surface area contributed by atoms with Crippen molar-refractivity contribution in [3.63, 3.8) is 0 Å². The molecule has 1 heterocycles. The van der Waals surface area contributed by atoms with E-state index in [2.05, 4.69) is 0 Å². The molecule has 2 aromatic rings. The van der Waals surface area contributed by atoms with Crippen molar-refractivity contribution in [2.45, 2.75) is 13.0 Å². The molecular formula is C20H21FN2O3. The summed E-state index contributed by atoms with van der Waals surface area (Å²) in [6.07, 6.45) is -0.586. The van der Waals surface area contributed by atoms with Crippen LogP contribution < -0.4 is 4.74 Å². The lowest BCUT2D eigenvalue weighted by Gasteiger charge is -2.36. The average molecular weight is 356 g/mol. The van der Waals surface area contributed by atoms with E-state index < -0.39 is 6.10 Å². The molecule has 1 aliphatic rings. The Morgan fingerprint density at radius 2 is 1.50 bits per heavy atom. The number of piperazine rings is 1. The van der Waals surface area contributed by atoms with E-state index in [1.807, 2.05) is 30.3 Å². The van der Waals surface area contributed by atoms with Crippen LogP contribution in [0.5, 0.6) is 5.75 Å². The highest BCUT2D eigenvalue weighted by molar-refractivity contribution is 5.94. The van der Waals surface area contributed by atoms with E-state index in [1.165, 1.54) is 24.3 Å². The van der Waals surface area contributed by atoms with Gasteiger partial charge in [-0.05, 0) is 43.3 Å². The third-order valence-electron chi connectivity index (χ3n) is 4.37. The van der Waals surface area contributed by atoms with Gasteiger partial charge in [0.1, 0.15) is 11.6 Å². The number of hydrogen-bond acceptors (Lipinski definition) is 3. The Labute approximate surface area is 152 Å². The molecule has 0 spiro atoms. The van der Waals surface area contributed by atoms with Gasteiger partial charge < -0.3 is 14.5 Å². The number of rotatable bonds is 4. The van der Waals surface area contributed by atoms with Crippen LogP contribution >= 0.6 is 0 Å². The lowest BCUT2D eigenvalue weighted by Crippen LogP contribution is -2.53. The van der Waals surface area contributed by atoms with E-state index in [9.17, 15) is 14.0 Å². The summed E-state index contributed by atoms with van der Waals surface area (Å²) in [6.45, 7) is 3.52. The number of para-hydroxylation sites is 1. The number of halogens is 1. The van der Waals surface area contributed by atoms with Gasteiger partial charge in [-0.3, -0.25) is 9.59 Å². The lowest BCUT2D eigenvalue weighted by atomic mass is 10.1. The maximum atomic E-state index is 13.0. The molecule has 0 aromatic heterocycles. The second-order valence-corrected chi connectivity index (χ2v) is 6.20. The summed E-state index contributed by atoms with van der Waals surface area (Å²) in [5.74, 6) is 0.0382. The molecule has 0 saturated carbocycles. The number of hydrogen-bond donors (Lipinski definition) is 0.